The number of nitrogens with one attached hydrogen (secondary N) is 1. The standard InChI is InChI=1S/C19H22N2O4S2/c1-3-12(2)16(18(24)25)20-15(22)9-10-21-17(23)14(27-19(21)26)11-13-7-5-4-6-8-13/h4-8,11-12,16H,3,9-10H2,1-2H3,(H,20,22)(H,24,25). The summed E-state index contributed by atoms with van der Waals surface area (Å²) in [4.78, 5) is 37.9. The second-order valence-electron chi connectivity index (χ2n) is 6.26. The zero-order chi connectivity index (χ0) is 20.0. The minimum atomic E-state index is -1.06. The van der Waals surface area contributed by atoms with E-state index in [-0.39, 0.29) is 24.8 Å². The van der Waals surface area contributed by atoms with Crippen LogP contribution in [0.2, 0.25) is 0 Å². The summed E-state index contributed by atoms with van der Waals surface area (Å²) in [5.74, 6) is -1.90. The van der Waals surface area contributed by atoms with Gasteiger partial charge in [0.25, 0.3) is 5.91 Å². The molecule has 1 heterocycles. The maximum atomic E-state index is 12.5. The van der Waals surface area contributed by atoms with Gasteiger partial charge < -0.3 is 10.4 Å². The number of hydrogen-bond donors (Lipinski definition) is 2. The predicted octanol–water partition coefficient (Wildman–Crippen LogP) is 2.89. The minimum Gasteiger partial charge on any atom is -0.480 e. The summed E-state index contributed by atoms with van der Waals surface area (Å²) in [6.45, 7) is 3.76. The molecule has 0 spiro atoms. The Balaban J connectivity index is 1.96. The van der Waals surface area contributed by atoms with Crippen LogP contribution in [0.3, 0.4) is 0 Å². The molecule has 0 bridgehead atoms. The molecule has 2 atom stereocenters. The molecule has 6 nitrogen and oxygen atoms in total. The van der Waals surface area contributed by atoms with Crippen LogP contribution in [0.5, 0.6) is 0 Å². The lowest BCUT2D eigenvalue weighted by molar-refractivity contribution is -0.143. The van der Waals surface area contributed by atoms with E-state index in [9.17, 15) is 19.5 Å². The van der Waals surface area contributed by atoms with E-state index in [0.717, 1.165) is 5.56 Å². The Labute approximate surface area is 168 Å². The third-order valence-corrected chi connectivity index (χ3v) is 5.71. The zero-order valence-corrected chi connectivity index (χ0v) is 16.8. The molecule has 8 heteroatoms. The van der Waals surface area contributed by atoms with E-state index < -0.39 is 17.9 Å². The molecule has 1 aliphatic rings. The summed E-state index contributed by atoms with van der Waals surface area (Å²) in [5.41, 5.74) is 0.897. The summed E-state index contributed by atoms with van der Waals surface area (Å²) in [5, 5.41) is 11.8. The molecule has 2 amide bonds. The van der Waals surface area contributed by atoms with Gasteiger partial charge in [0, 0.05) is 13.0 Å². The van der Waals surface area contributed by atoms with Gasteiger partial charge in [0.1, 0.15) is 10.4 Å². The number of carboxylic acids is 1. The fraction of sp³-hybridized carbons (Fsp3) is 0.368. The van der Waals surface area contributed by atoms with E-state index in [1.54, 1.807) is 13.0 Å². The molecule has 1 aromatic carbocycles. The van der Waals surface area contributed by atoms with Gasteiger partial charge in [-0.15, -0.1) is 0 Å². The van der Waals surface area contributed by atoms with Crippen molar-refractivity contribution in [3.05, 3.63) is 40.8 Å². The van der Waals surface area contributed by atoms with Crippen molar-refractivity contribution in [1.82, 2.24) is 10.2 Å². The Morgan fingerprint density at radius 2 is 2.00 bits per heavy atom. The van der Waals surface area contributed by atoms with Gasteiger partial charge in [-0.1, -0.05) is 74.6 Å². The number of carbonyl (C=O) groups excluding carboxylic acids is 2. The summed E-state index contributed by atoms with van der Waals surface area (Å²) >= 11 is 6.45. The fourth-order valence-electron chi connectivity index (χ4n) is 2.54. The molecule has 1 aliphatic heterocycles. The zero-order valence-electron chi connectivity index (χ0n) is 15.2. The minimum absolute atomic E-state index is 0.00866. The molecular formula is C19H22N2O4S2. The van der Waals surface area contributed by atoms with E-state index in [4.69, 9.17) is 12.2 Å². The highest BCUT2D eigenvalue weighted by molar-refractivity contribution is 8.26. The Hall–Kier alpha value is -2.19. The van der Waals surface area contributed by atoms with Crippen LogP contribution < -0.4 is 5.32 Å². The average molecular weight is 407 g/mol. The van der Waals surface area contributed by atoms with Crippen LogP contribution in [-0.4, -0.2) is 44.7 Å². The molecule has 0 aromatic heterocycles. The highest BCUT2D eigenvalue weighted by Crippen LogP contribution is 2.32. The van der Waals surface area contributed by atoms with Crippen LogP contribution in [0, 0.1) is 5.92 Å². The molecular weight excluding hydrogens is 384 g/mol. The van der Waals surface area contributed by atoms with Crippen molar-refractivity contribution in [2.24, 2.45) is 5.92 Å². The maximum Gasteiger partial charge on any atom is 0.326 e. The van der Waals surface area contributed by atoms with E-state index >= 15 is 0 Å². The molecule has 1 saturated heterocycles. The number of carboxylic acid groups (broad SMARTS) is 1. The quantitative estimate of drug-likeness (QED) is 0.510. The number of nitrogens with zero attached hydrogens (tertiary/aromatic N) is 1. The van der Waals surface area contributed by atoms with Crippen LogP contribution in [0.1, 0.15) is 32.3 Å². The van der Waals surface area contributed by atoms with Crippen molar-refractivity contribution in [3.8, 4) is 0 Å². The Kier molecular flexibility index (Phi) is 7.55. The predicted molar refractivity (Wildman–Crippen MR) is 110 cm³/mol. The van der Waals surface area contributed by atoms with Gasteiger partial charge in [-0.3, -0.25) is 14.5 Å². The van der Waals surface area contributed by atoms with Crippen LogP contribution in [0.15, 0.2) is 35.2 Å². The van der Waals surface area contributed by atoms with Gasteiger partial charge in [0.05, 0.1) is 4.91 Å². The molecule has 2 rings (SSSR count). The second-order valence-corrected chi connectivity index (χ2v) is 7.94. The van der Waals surface area contributed by atoms with Gasteiger partial charge in [-0.25, -0.2) is 4.79 Å². The average Bonchev–Trinajstić information content (AvgIpc) is 2.91. The first-order valence-electron chi connectivity index (χ1n) is 8.66. The van der Waals surface area contributed by atoms with Crippen molar-refractivity contribution in [2.75, 3.05) is 6.54 Å². The number of rotatable bonds is 8. The van der Waals surface area contributed by atoms with Crippen LogP contribution in [-0.2, 0) is 14.4 Å². The van der Waals surface area contributed by atoms with E-state index in [0.29, 0.717) is 15.6 Å². The number of thioether (sulfide) groups is 1. The summed E-state index contributed by atoms with van der Waals surface area (Å²) < 4.78 is 0.395. The van der Waals surface area contributed by atoms with Gasteiger partial charge >= 0.3 is 5.97 Å². The van der Waals surface area contributed by atoms with Gasteiger partial charge in [0.15, 0.2) is 0 Å². The largest absolute Gasteiger partial charge is 0.480 e. The summed E-state index contributed by atoms with van der Waals surface area (Å²) in [6, 6.07) is 8.50. The molecule has 0 radical (unpaired) electrons. The van der Waals surface area contributed by atoms with E-state index in [1.165, 1.54) is 16.7 Å². The molecule has 2 unspecified atom stereocenters. The smallest absolute Gasteiger partial charge is 0.326 e. The van der Waals surface area contributed by atoms with E-state index in [1.807, 2.05) is 37.3 Å². The highest BCUT2D eigenvalue weighted by Gasteiger charge is 2.32. The van der Waals surface area contributed by atoms with Crippen molar-refractivity contribution >= 4 is 52.2 Å². The number of aliphatic carboxylic acids is 1. The van der Waals surface area contributed by atoms with Crippen molar-refractivity contribution in [1.29, 1.82) is 0 Å². The first kappa shape index (κ1) is 21.1. The van der Waals surface area contributed by atoms with Crippen molar-refractivity contribution in [2.45, 2.75) is 32.7 Å². The fourth-order valence-corrected chi connectivity index (χ4v) is 3.84. The molecule has 2 N–H and O–H groups in total. The molecule has 0 saturated carbocycles. The number of carbonyl (C=O) groups is 3. The first-order valence-corrected chi connectivity index (χ1v) is 9.88. The van der Waals surface area contributed by atoms with Gasteiger partial charge in [0.2, 0.25) is 5.91 Å². The Morgan fingerprint density at radius 3 is 2.59 bits per heavy atom. The van der Waals surface area contributed by atoms with Gasteiger partial charge in [-0.2, -0.15) is 0 Å². The van der Waals surface area contributed by atoms with Crippen LogP contribution >= 0.6 is 24.0 Å². The lowest BCUT2D eigenvalue weighted by atomic mass is 9.99. The molecule has 0 aliphatic carbocycles. The normalized spacial score (nSPS) is 17.9. The maximum absolute atomic E-state index is 12.5. The Bertz CT molecular complexity index is 764. The Morgan fingerprint density at radius 1 is 1.33 bits per heavy atom. The van der Waals surface area contributed by atoms with Crippen molar-refractivity contribution < 1.29 is 19.5 Å². The molecule has 144 valence electrons. The first-order chi connectivity index (χ1) is 12.8. The summed E-state index contributed by atoms with van der Waals surface area (Å²) in [6.07, 6.45) is 2.39. The van der Waals surface area contributed by atoms with Crippen LogP contribution in [0.4, 0.5) is 0 Å². The second kappa shape index (κ2) is 9.66. The third kappa shape index (κ3) is 5.64. The number of thiocarbonyl (C=S) groups is 1. The van der Waals surface area contributed by atoms with E-state index in [2.05, 4.69) is 5.32 Å². The lowest BCUT2D eigenvalue weighted by Crippen LogP contribution is -2.46. The monoisotopic (exact) mass is 406 g/mol. The molecule has 1 fully saturated rings. The highest BCUT2D eigenvalue weighted by atomic mass is 32.2. The molecule has 27 heavy (non-hydrogen) atoms. The number of hydrogen-bond acceptors (Lipinski definition) is 5. The van der Waals surface area contributed by atoms with Gasteiger partial charge in [-0.05, 0) is 17.6 Å². The number of benzene rings is 1. The van der Waals surface area contributed by atoms with Crippen molar-refractivity contribution in [3.63, 3.8) is 0 Å². The van der Waals surface area contributed by atoms with Crippen LogP contribution in [0.25, 0.3) is 6.08 Å². The molecule has 1 aromatic rings. The lowest BCUT2D eigenvalue weighted by Gasteiger charge is -2.21. The SMILES string of the molecule is CCC(C)C(NC(=O)CCN1C(=O)C(=Cc2ccccc2)SC1=S)C(=O)O. The topological polar surface area (TPSA) is 86.7 Å². The summed E-state index contributed by atoms with van der Waals surface area (Å²) in [7, 11) is 0. The number of amides is 2. The third-order valence-electron chi connectivity index (χ3n) is 4.33.